The van der Waals surface area contributed by atoms with Gasteiger partial charge in [0.25, 0.3) is 0 Å². The van der Waals surface area contributed by atoms with E-state index in [0.29, 0.717) is 18.5 Å². The molecule has 0 spiro atoms. The number of ether oxygens (including phenoxy) is 1. The molecule has 1 aliphatic rings. The molecule has 0 saturated carbocycles. The average molecular weight is 305 g/mol. The van der Waals surface area contributed by atoms with E-state index in [4.69, 9.17) is 4.74 Å². The van der Waals surface area contributed by atoms with Gasteiger partial charge in [0.1, 0.15) is 5.75 Å². The number of hydrogen-bond acceptors (Lipinski definition) is 3. The number of hydrogen-bond donors (Lipinski definition) is 2. The lowest BCUT2D eigenvalue weighted by molar-refractivity contribution is -0.916. The predicted octanol–water partition coefficient (Wildman–Crippen LogP) is 1.18. The Morgan fingerprint density at radius 3 is 2.68 bits per heavy atom. The van der Waals surface area contributed by atoms with Crippen LogP contribution in [-0.2, 0) is 0 Å². The Bertz CT molecular complexity index is 500. The number of quaternary nitrogens is 1. The Balaban J connectivity index is 1.87. The summed E-state index contributed by atoms with van der Waals surface area (Å²) < 4.78 is 5.14. The lowest BCUT2D eigenvalue weighted by Gasteiger charge is -2.43. The molecule has 4 nitrogen and oxygen atoms in total. The van der Waals surface area contributed by atoms with E-state index in [0.717, 1.165) is 30.7 Å². The number of rotatable bonds is 5. The van der Waals surface area contributed by atoms with E-state index in [-0.39, 0.29) is 0 Å². The van der Waals surface area contributed by atoms with Crippen molar-refractivity contribution in [1.82, 2.24) is 0 Å². The predicted molar refractivity (Wildman–Crippen MR) is 90.0 cm³/mol. The first kappa shape index (κ1) is 17.0. The maximum absolute atomic E-state index is 10.9. The molecule has 1 unspecified atom stereocenters. The third-order valence-electron chi connectivity index (χ3n) is 5.08. The summed E-state index contributed by atoms with van der Waals surface area (Å²) in [6, 6.07) is 8.34. The van der Waals surface area contributed by atoms with Crippen LogP contribution < -0.4 is 9.64 Å². The topological polar surface area (TPSA) is 46.3 Å². The highest BCUT2D eigenvalue weighted by Crippen LogP contribution is 2.28. The monoisotopic (exact) mass is 305 g/mol. The second-order valence-corrected chi connectivity index (χ2v) is 6.72. The molecule has 4 heteroatoms. The minimum atomic E-state index is -0.573. The molecule has 1 fully saturated rings. The minimum absolute atomic E-state index is 0.319. The fourth-order valence-corrected chi connectivity index (χ4v) is 3.25. The molecule has 1 saturated heterocycles. The molecule has 0 aromatic heterocycles. The SMILES string of the molecule is COc1ccc(C=NCC[C@]2(O)C[C@@H](C)[NH+](C)C[C@H]2C)cc1. The molecular weight excluding hydrogens is 276 g/mol. The summed E-state index contributed by atoms with van der Waals surface area (Å²) in [6.07, 6.45) is 3.47. The molecule has 0 radical (unpaired) electrons. The van der Waals surface area contributed by atoms with Crippen molar-refractivity contribution in [2.45, 2.75) is 38.3 Å². The molecule has 0 bridgehead atoms. The third-order valence-corrected chi connectivity index (χ3v) is 5.08. The number of aliphatic hydroxyl groups is 1. The fraction of sp³-hybridized carbons (Fsp3) is 0.611. The van der Waals surface area contributed by atoms with E-state index in [2.05, 4.69) is 25.9 Å². The third kappa shape index (κ3) is 4.08. The van der Waals surface area contributed by atoms with Gasteiger partial charge in [-0.2, -0.15) is 0 Å². The number of likely N-dealkylation sites (tertiary alicyclic amines) is 1. The van der Waals surface area contributed by atoms with Gasteiger partial charge in [-0.25, -0.2) is 0 Å². The van der Waals surface area contributed by atoms with E-state index in [1.54, 1.807) is 7.11 Å². The van der Waals surface area contributed by atoms with Gasteiger partial charge in [0, 0.05) is 25.1 Å². The van der Waals surface area contributed by atoms with Crippen molar-refractivity contribution in [3.8, 4) is 5.75 Å². The van der Waals surface area contributed by atoms with E-state index in [1.807, 2.05) is 30.5 Å². The quantitative estimate of drug-likeness (QED) is 0.803. The van der Waals surface area contributed by atoms with Crippen LogP contribution in [0.3, 0.4) is 0 Å². The number of methoxy groups -OCH3 is 1. The van der Waals surface area contributed by atoms with Crippen molar-refractivity contribution in [2.24, 2.45) is 10.9 Å². The van der Waals surface area contributed by atoms with Gasteiger partial charge in [-0.05, 0) is 43.2 Å². The Labute approximate surface area is 133 Å². The van der Waals surface area contributed by atoms with Gasteiger partial charge in [-0.15, -0.1) is 0 Å². The average Bonchev–Trinajstić information content (AvgIpc) is 2.50. The summed E-state index contributed by atoms with van der Waals surface area (Å²) in [4.78, 5) is 6.00. The zero-order chi connectivity index (χ0) is 16.2. The van der Waals surface area contributed by atoms with Crippen LogP contribution in [0.25, 0.3) is 0 Å². The fourth-order valence-electron chi connectivity index (χ4n) is 3.25. The molecule has 1 aliphatic heterocycles. The largest absolute Gasteiger partial charge is 0.497 e. The van der Waals surface area contributed by atoms with Gasteiger partial charge in [0.2, 0.25) is 0 Å². The van der Waals surface area contributed by atoms with Crippen molar-refractivity contribution in [3.63, 3.8) is 0 Å². The van der Waals surface area contributed by atoms with Crippen molar-refractivity contribution >= 4 is 6.21 Å². The lowest BCUT2D eigenvalue weighted by atomic mass is 9.77. The van der Waals surface area contributed by atoms with Crippen LogP contribution in [0.2, 0.25) is 0 Å². The first-order valence-corrected chi connectivity index (χ1v) is 8.13. The number of piperidine rings is 1. The molecule has 1 aromatic rings. The van der Waals surface area contributed by atoms with Gasteiger partial charge in [0.15, 0.2) is 0 Å². The molecule has 4 atom stereocenters. The Hall–Kier alpha value is -1.39. The second-order valence-electron chi connectivity index (χ2n) is 6.72. The summed E-state index contributed by atoms with van der Waals surface area (Å²) in [5.41, 5.74) is 0.484. The van der Waals surface area contributed by atoms with E-state index in [1.165, 1.54) is 4.90 Å². The van der Waals surface area contributed by atoms with E-state index in [9.17, 15) is 5.11 Å². The van der Waals surface area contributed by atoms with Crippen LogP contribution in [0.4, 0.5) is 0 Å². The summed E-state index contributed by atoms with van der Waals surface area (Å²) >= 11 is 0. The molecule has 1 aromatic carbocycles. The highest BCUT2D eigenvalue weighted by Gasteiger charge is 2.42. The molecule has 122 valence electrons. The van der Waals surface area contributed by atoms with Crippen LogP contribution >= 0.6 is 0 Å². The zero-order valence-corrected chi connectivity index (χ0v) is 14.2. The van der Waals surface area contributed by atoms with Crippen LogP contribution in [0.1, 0.15) is 32.3 Å². The Kier molecular flexibility index (Phi) is 5.59. The molecule has 1 heterocycles. The van der Waals surface area contributed by atoms with Crippen LogP contribution in [0, 0.1) is 5.92 Å². The lowest BCUT2D eigenvalue weighted by Crippen LogP contribution is -3.15. The van der Waals surface area contributed by atoms with Gasteiger partial charge in [-0.3, -0.25) is 4.99 Å². The van der Waals surface area contributed by atoms with Crippen molar-refractivity contribution in [1.29, 1.82) is 0 Å². The Morgan fingerprint density at radius 1 is 1.36 bits per heavy atom. The molecule has 0 amide bonds. The van der Waals surface area contributed by atoms with Crippen LogP contribution in [-0.4, -0.2) is 50.2 Å². The van der Waals surface area contributed by atoms with Gasteiger partial charge >= 0.3 is 0 Å². The van der Waals surface area contributed by atoms with Gasteiger partial charge in [0.05, 0.1) is 32.3 Å². The summed E-state index contributed by atoms with van der Waals surface area (Å²) in [5, 5.41) is 10.9. The summed E-state index contributed by atoms with van der Waals surface area (Å²) in [6.45, 7) is 6.06. The van der Waals surface area contributed by atoms with Crippen molar-refractivity contribution in [2.75, 3.05) is 27.2 Å². The van der Waals surface area contributed by atoms with Crippen LogP contribution in [0.15, 0.2) is 29.3 Å². The van der Waals surface area contributed by atoms with Crippen molar-refractivity contribution < 1.29 is 14.7 Å². The summed E-state index contributed by atoms with van der Waals surface area (Å²) in [7, 11) is 3.87. The molecule has 2 rings (SSSR count). The first-order valence-electron chi connectivity index (χ1n) is 8.13. The number of nitrogens with one attached hydrogen (secondary N) is 1. The maximum Gasteiger partial charge on any atom is 0.118 e. The minimum Gasteiger partial charge on any atom is -0.497 e. The summed E-state index contributed by atoms with van der Waals surface area (Å²) in [5.74, 6) is 1.17. The second kappa shape index (κ2) is 7.25. The zero-order valence-electron chi connectivity index (χ0n) is 14.2. The molecule has 2 N–H and O–H groups in total. The standard InChI is InChI=1S/C18H28N2O2/c1-14-13-20(3)15(2)11-18(14,21)9-10-19-12-16-5-7-17(22-4)8-6-16/h5-8,12,14-15,21H,9-11,13H2,1-4H3/p+1/t14-,15-,18+/m1/s1. The van der Waals surface area contributed by atoms with Crippen LogP contribution in [0.5, 0.6) is 5.75 Å². The number of benzene rings is 1. The molecular formula is C18H29N2O2+. The first-order chi connectivity index (χ1) is 10.4. The van der Waals surface area contributed by atoms with E-state index < -0.39 is 5.60 Å². The van der Waals surface area contributed by atoms with Crippen molar-refractivity contribution in [3.05, 3.63) is 29.8 Å². The highest BCUT2D eigenvalue weighted by molar-refractivity contribution is 5.79. The normalized spacial score (nSPS) is 32.3. The smallest absolute Gasteiger partial charge is 0.118 e. The molecule has 0 aliphatic carbocycles. The van der Waals surface area contributed by atoms with Gasteiger partial charge in [-0.1, -0.05) is 6.92 Å². The number of nitrogens with zero attached hydrogens (tertiary/aromatic N) is 1. The number of aliphatic imine (C=N–C) groups is 1. The molecule has 22 heavy (non-hydrogen) atoms. The maximum atomic E-state index is 10.9. The Morgan fingerprint density at radius 2 is 2.05 bits per heavy atom. The highest BCUT2D eigenvalue weighted by atomic mass is 16.5. The van der Waals surface area contributed by atoms with Gasteiger partial charge < -0.3 is 14.7 Å². The van der Waals surface area contributed by atoms with E-state index >= 15 is 0 Å².